The maximum Gasteiger partial charge on any atom is 0.218 e. The van der Waals surface area contributed by atoms with Crippen molar-refractivity contribution in [2.24, 2.45) is 5.73 Å². The van der Waals surface area contributed by atoms with Crippen molar-refractivity contribution in [3.63, 3.8) is 0 Å². The van der Waals surface area contributed by atoms with Gasteiger partial charge in [0, 0.05) is 18.5 Å². The first kappa shape index (κ1) is 18.4. The third kappa shape index (κ3) is 5.52. The van der Waals surface area contributed by atoms with Crippen LogP contribution in [0.15, 0.2) is 0 Å². The lowest BCUT2D eigenvalue weighted by molar-refractivity contribution is -0.119. The van der Waals surface area contributed by atoms with E-state index >= 15 is 0 Å². The Kier molecular flexibility index (Phi) is 9.07. The first-order valence-electron chi connectivity index (χ1n) is 7.31. The largest absolute Gasteiger partial charge is 0.370 e. The Morgan fingerprint density at radius 3 is 2.11 bits per heavy atom. The summed E-state index contributed by atoms with van der Waals surface area (Å²) < 4.78 is 0. The maximum atomic E-state index is 11.1. The number of amides is 1. The summed E-state index contributed by atoms with van der Waals surface area (Å²) in [7, 11) is 0. The van der Waals surface area contributed by atoms with Crippen LogP contribution in [0.1, 0.15) is 79.1 Å². The molecule has 114 valence electrons. The van der Waals surface area contributed by atoms with Gasteiger partial charge in [0.1, 0.15) is 0 Å². The number of carbonyl (C=O) groups is 1. The van der Waals surface area contributed by atoms with E-state index in [1.165, 1.54) is 64.3 Å². The Bertz CT molecular complexity index is 247. The SMILES string of the molecule is C.C.NC(=O)CC1CCCN1C1CCCCCCC1. The summed E-state index contributed by atoms with van der Waals surface area (Å²) in [6.07, 6.45) is 12.6. The molecule has 3 heteroatoms. The van der Waals surface area contributed by atoms with Gasteiger partial charge >= 0.3 is 0 Å². The van der Waals surface area contributed by atoms with Gasteiger partial charge in [0.25, 0.3) is 0 Å². The molecule has 0 aromatic heterocycles. The molecule has 0 bridgehead atoms. The minimum Gasteiger partial charge on any atom is -0.370 e. The molecule has 1 amide bonds. The first-order chi connectivity index (χ1) is 8.27. The predicted molar refractivity (Wildman–Crippen MR) is 83.1 cm³/mol. The lowest BCUT2D eigenvalue weighted by atomic mass is 9.95. The van der Waals surface area contributed by atoms with Crippen LogP contribution in [0.2, 0.25) is 0 Å². The van der Waals surface area contributed by atoms with Crippen molar-refractivity contribution in [1.82, 2.24) is 4.90 Å². The van der Waals surface area contributed by atoms with E-state index < -0.39 is 0 Å². The fourth-order valence-corrected chi connectivity index (χ4v) is 3.56. The lowest BCUT2D eigenvalue weighted by Gasteiger charge is -2.34. The number of hydrogen-bond acceptors (Lipinski definition) is 2. The van der Waals surface area contributed by atoms with Crippen LogP contribution in [0.3, 0.4) is 0 Å². The van der Waals surface area contributed by atoms with Gasteiger partial charge in [0.2, 0.25) is 5.91 Å². The Labute approximate surface area is 119 Å². The standard InChI is InChI=1S/C14H26N2O.2CH4/c15-14(17)11-13-9-6-10-16(13)12-7-4-2-1-3-5-8-12;;/h12-13H,1-11H2,(H2,15,17);2*1H4. The molecular weight excluding hydrogens is 236 g/mol. The van der Waals surface area contributed by atoms with E-state index in [4.69, 9.17) is 5.73 Å². The van der Waals surface area contributed by atoms with Crippen molar-refractivity contribution in [3.8, 4) is 0 Å². The van der Waals surface area contributed by atoms with E-state index in [2.05, 4.69) is 4.90 Å². The van der Waals surface area contributed by atoms with E-state index in [9.17, 15) is 4.79 Å². The van der Waals surface area contributed by atoms with Crippen molar-refractivity contribution in [2.45, 2.75) is 91.1 Å². The average Bonchev–Trinajstić information content (AvgIpc) is 2.64. The van der Waals surface area contributed by atoms with Gasteiger partial charge < -0.3 is 5.73 Å². The molecule has 1 aliphatic carbocycles. The van der Waals surface area contributed by atoms with E-state index in [0.717, 1.165) is 6.04 Å². The summed E-state index contributed by atoms with van der Waals surface area (Å²) in [5, 5.41) is 0. The number of likely N-dealkylation sites (tertiary alicyclic amines) is 1. The Balaban J connectivity index is 0.00000162. The van der Waals surface area contributed by atoms with Gasteiger partial charge in [0.15, 0.2) is 0 Å². The Hall–Kier alpha value is -0.570. The molecule has 1 heterocycles. The average molecular weight is 270 g/mol. The van der Waals surface area contributed by atoms with Crippen LogP contribution < -0.4 is 5.73 Å². The molecule has 2 aliphatic rings. The van der Waals surface area contributed by atoms with Gasteiger partial charge in [-0.2, -0.15) is 0 Å². The van der Waals surface area contributed by atoms with Gasteiger partial charge in [-0.25, -0.2) is 0 Å². The summed E-state index contributed by atoms with van der Waals surface area (Å²) in [5.74, 6) is -0.132. The fourth-order valence-electron chi connectivity index (χ4n) is 3.56. The molecule has 2 fully saturated rings. The summed E-state index contributed by atoms with van der Waals surface area (Å²) in [6, 6.07) is 1.17. The number of nitrogens with zero attached hydrogens (tertiary/aromatic N) is 1. The number of primary amides is 1. The van der Waals surface area contributed by atoms with E-state index in [0.29, 0.717) is 12.5 Å². The minimum atomic E-state index is -0.132. The Morgan fingerprint density at radius 1 is 0.947 bits per heavy atom. The second-order valence-electron chi connectivity index (χ2n) is 5.70. The van der Waals surface area contributed by atoms with Gasteiger partial charge in [0.05, 0.1) is 0 Å². The molecule has 1 aliphatic heterocycles. The van der Waals surface area contributed by atoms with E-state index in [-0.39, 0.29) is 20.8 Å². The topological polar surface area (TPSA) is 46.3 Å². The molecule has 3 nitrogen and oxygen atoms in total. The van der Waals surface area contributed by atoms with Crippen LogP contribution in [-0.4, -0.2) is 29.4 Å². The van der Waals surface area contributed by atoms with Crippen LogP contribution in [0, 0.1) is 0 Å². The zero-order valence-corrected chi connectivity index (χ0v) is 10.9. The highest BCUT2D eigenvalue weighted by molar-refractivity contribution is 5.74. The first-order valence-corrected chi connectivity index (χ1v) is 7.31. The molecule has 2 N–H and O–H groups in total. The minimum absolute atomic E-state index is 0. The molecule has 0 spiro atoms. The molecule has 19 heavy (non-hydrogen) atoms. The zero-order valence-electron chi connectivity index (χ0n) is 10.9. The molecule has 1 unspecified atom stereocenters. The van der Waals surface area contributed by atoms with Crippen molar-refractivity contribution >= 4 is 5.91 Å². The van der Waals surface area contributed by atoms with E-state index in [1.54, 1.807) is 0 Å². The maximum absolute atomic E-state index is 11.1. The lowest BCUT2D eigenvalue weighted by Crippen LogP contribution is -2.41. The Morgan fingerprint density at radius 2 is 1.53 bits per heavy atom. The normalized spacial score (nSPS) is 25.8. The summed E-state index contributed by atoms with van der Waals surface area (Å²) in [4.78, 5) is 13.7. The summed E-state index contributed by atoms with van der Waals surface area (Å²) in [5.41, 5.74) is 5.35. The molecule has 2 rings (SSSR count). The molecule has 1 saturated heterocycles. The van der Waals surface area contributed by atoms with Crippen LogP contribution in [0.4, 0.5) is 0 Å². The second-order valence-corrected chi connectivity index (χ2v) is 5.70. The number of carbonyl (C=O) groups excluding carboxylic acids is 1. The molecule has 0 aromatic rings. The van der Waals surface area contributed by atoms with Crippen molar-refractivity contribution in [1.29, 1.82) is 0 Å². The van der Waals surface area contributed by atoms with Gasteiger partial charge in [-0.1, -0.05) is 47.0 Å². The number of nitrogens with two attached hydrogens (primary N) is 1. The van der Waals surface area contributed by atoms with Crippen molar-refractivity contribution < 1.29 is 4.79 Å². The van der Waals surface area contributed by atoms with Crippen LogP contribution in [-0.2, 0) is 4.79 Å². The molecule has 0 aromatic carbocycles. The van der Waals surface area contributed by atoms with Gasteiger partial charge in [-0.15, -0.1) is 0 Å². The third-order valence-electron chi connectivity index (χ3n) is 4.40. The number of rotatable bonds is 3. The second kappa shape index (κ2) is 9.35. The van der Waals surface area contributed by atoms with Crippen molar-refractivity contribution in [3.05, 3.63) is 0 Å². The zero-order chi connectivity index (χ0) is 12.1. The van der Waals surface area contributed by atoms with Crippen LogP contribution in [0.25, 0.3) is 0 Å². The highest BCUT2D eigenvalue weighted by Crippen LogP contribution is 2.29. The van der Waals surface area contributed by atoms with Gasteiger partial charge in [-0.05, 0) is 32.2 Å². The highest BCUT2D eigenvalue weighted by Gasteiger charge is 2.31. The molecule has 0 radical (unpaired) electrons. The predicted octanol–water partition coefficient (Wildman–Crippen LogP) is 3.71. The summed E-state index contributed by atoms with van der Waals surface area (Å²) >= 11 is 0. The van der Waals surface area contributed by atoms with E-state index in [1.807, 2.05) is 0 Å². The monoisotopic (exact) mass is 270 g/mol. The van der Waals surface area contributed by atoms with Gasteiger partial charge in [-0.3, -0.25) is 9.69 Å². The summed E-state index contributed by atoms with van der Waals surface area (Å²) in [6.45, 7) is 1.18. The molecular formula is C16H34N2O. The molecule has 1 atom stereocenters. The van der Waals surface area contributed by atoms with Crippen LogP contribution in [0.5, 0.6) is 0 Å². The fraction of sp³-hybridized carbons (Fsp3) is 0.938. The van der Waals surface area contributed by atoms with Crippen molar-refractivity contribution in [2.75, 3.05) is 6.54 Å². The third-order valence-corrected chi connectivity index (χ3v) is 4.40. The molecule has 1 saturated carbocycles. The quantitative estimate of drug-likeness (QED) is 0.849. The smallest absolute Gasteiger partial charge is 0.218 e. The number of hydrogen-bond donors (Lipinski definition) is 1. The van der Waals surface area contributed by atoms with Crippen LogP contribution >= 0.6 is 0 Å². The highest BCUT2D eigenvalue weighted by atomic mass is 16.1.